The Kier molecular flexibility index (Phi) is 3.71. The van der Waals surface area contributed by atoms with Crippen LogP contribution < -0.4 is 4.74 Å². The van der Waals surface area contributed by atoms with Crippen molar-refractivity contribution >= 4 is 22.6 Å². The van der Waals surface area contributed by atoms with Gasteiger partial charge >= 0.3 is 6.36 Å². The molecular formula is C10H9F4IO. The van der Waals surface area contributed by atoms with Gasteiger partial charge in [-0.05, 0) is 31.5 Å². The second kappa shape index (κ2) is 4.38. The molecule has 1 rings (SSSR count). The first-order chi connectivity index (χ1) is 7.09. The van der Waals surface area contributed by atoms with Crippen LogP contribution in [0, 0.1) is 5.82 Å². The fourth-order valence-electron chi connectivity index (χ4n) is 1.08. The maximum absolute atomic E-state index is 13.3. The van der Waals surface area contributed by atoms with Gasteiger partial charge in [0.1, 0.15) is 0 Å². The molecule has 0 saturated carbocycles. The van der Waals surface area contributed by atoms with Crippen molar-refractivity contribution in [2.45, 2.75) is 23.6 Å². The Morgan fingerprint density at radius 1 is 1.19 bits per heavy atom. The van der Waals surface area contributed by atoms with E-state index in [1.165, 1.54) is 6.07 Å². The van der Waals surface area contributed by atoms with E-state index in [2.05, 4.69) is 27.3 Å². The Labute approximate surface area is 104 Å². The molecular weight excluding hydrogens is 339 g/mol. The van der Waals surface area contributed by atoms with E-state index in [-0.39, 0.29) is 3.42 Å². The van der Waals surface area contributed by atoms with Gasteiger partial charge in [-0.15, -0.1) is 13.2 Å². The molecule has 6 heteroatoms. The zero-order valence-corrected chi connectivity index (χ0v) is 10.7. The Hall–Kier alpha value is -0.530. The maximum Gasteiger partial charge on any atom is 0.573 e. The maximum atomic E-state index is 13.3. The first kappa shape index (κ1) is 13.5. The molecule has 0 heterocycles. The van der Waals surface area contributed by atoms with Gasteiger partial charge in [-0.2, -0.15) is 0 Å². The summed E-state index contributed by atoms with van der Waals surface area (Å²) in [5.74, 6) is -1.82. The smallest absolute Gasteiger partial charge is 0.403 e. The number of benzene rings is 1. The van der Waals surface area contributed by atoms with Crippen molar-refractivity contribution in [2.24, 2.45) is 0 Å². The third-order valence-corrected chi connectivity index (χ3v) is 2.47. The lowest BCUT2D eigenvalue weighted by Crippen LogP contribution is -2.18. The fourth-order valence-corrected chi connectivity index (χ4v) is 1.41. The second-order valence-electron chi connectivity index (χ2n) is 3.67. The van der Waals surface area contributed by atoms with Gasteiger partial charge in [0.05, 0.1) is 0 Å². The number of hydrogen-bond donors (Lipinski definition) is 0. The third kappa shape index (κ3) is 3.80. The lowest BCUT2D eigenvalue weighted by molar-refractivity contribution is -0.275. The van der Waals surface area contributed by atoms with Gasteiger partial charge < -0.3 is 4.74 Å². The lowest BCUT2D eigenvalue weighted by atomic mass is 10.0. The average Bonchev–Trinajstić information content (AvgIpc) is 2.04. The molecule has 0 aliphatic heterocycles. The highest BCUT2D eigenvalue weighted by Gasteiger charge is 2.32. The van der Waals surface area contributed by atoms with Crippen molar-refractivity contribution in [3.63, 3.8) is 0 Å². The van der Waals surface area contributed by atoms with Crippen LogP contribution in [-0.2, 0) is 3.42 Å². The van der Waals surface area contributed by atoms with E-state index in [0.717, 1.165) is 12.1 Å². The van der Waals surface area contributed by atoms with Gasteiger partial charge in [-0.3, -0.25) is 0 Å². The summed E-state index contributed by atoms with van der Waals surface area (Å²) in [6.45, 7) is 3.65. The molecule has 1 nitrogen and oxygen atoms in total. The van der Waals surface area contributed by atoms with Crippen LogP contribution in [-0.4, -0.2) is 6.36 Å². The van der Waals surface area contributed by atoms with Crippen LogP contribution in [0.25, 0.3) is 0 Å². The lowest BCUT2D eigenvalue weighted by Gasteiger charge is -2.18. The number of halogens is 5. The highest BCUT2D eigenvalue weighted by Crippen LogP contribution is 2.34. The van der Waals surface area contributed by atoms with Crippen molar-refractivity contribution in [1.29, 1.82) is 0 Å². The summed E-state index contributed by atoms with van der Waals surface area (Å²) in [7, 11) is 0. The molecule has 16 heavy (non-hydrogen) atoms. The Morgan fingerprint density at radius 3 is 2.12 bits per heavy atom. The van der Waals surface area contributed by atoms with Crippen LogP contribution in [0.5, 0.6) is 5.75 Å². The van der Waals surface area contributed by atoms with E-state index in [4.69, 9.17) is 0 Å². The number of alkyl halides is 4. The third-order valence-electron chi connectivity index (χ3n) is 1.84. The zero-order chi connectivity index (χ0) is 12.6. The van der Waals surface area contributed by atoms with Crippen LogP contribution >= 0.6 is 22.6 Å². The molecule has 0 spiro atoms. The molecule has 0 unspecified atom stereocenters. The molecule has 0 radical (unpaired) electrons. The van der Waals surface area contributed by atoms with Crippen molar-refractivity contribution in [2.75, 3.05) is 0 Å². The highest BCUT2D eigenvalue weighted by molar-refractivity contribution is 14.1. The number of hydrogen-bond acceptors (Lipinski definition) is 1. The summed E-state index contributed by atoms with van der Waals surface area (Å²) in [6.07, 6.45) is -4.87. The molecule has 0 amide bonds. The van der Waals surface area contributed by atoms with Crippen molar-refractivity contribution in [3.8, 4) is 5.75 Å². The number of rotatable bonds is 2. The summed E-state index contributed by atoms with van der Waals surface area (Å²) in [6, 6.07) is 3.45. The van der Waals surface area contributed by atoms with Crippen molar-refractivity contribution in [1.82, 2.24) is 0 Å². The van der Waals surface area contributed by atoms with E-state index in [0.29, 0.717) is 5.56 Å². The normalized spacial score (nSPS) is 12.7. The molecule has 0 bridgehead atoms. The van der Waals surface area contributed by atoms with E-state index in [1.54, 1.807) is 0 Å². The van der Waals surface area contributed by atoms with E-state index < -0.39 is 17.9 Å². The minimum atomic E-state index is -4.87. The van der Waals surface area contributed by atoms with Gasteiger partial charge in [-0.1, -0.05) is 28.7 Å². The quantitative estimate of drug-likeness (QED) is 0.438. The largest absolute Gasteiger partial charge is 0.573 e. The van der Waals surface area contributed by atoms with Gasteiger partial charge in [-0.25, -0.2) is 4.39 Å². The highest BCUT2D eigenvalue weighted by atomic mass is 127. The summed E-state index contributed by atoms with van der Waals surface area (Å²) >= 11 is 2.07. The monoisotopic (exact) mass is 348 g/mol. The number of ether oxygens (including phenoxy) is 1. The predicted molar refractivity (Wildman–Crippen MR) is 60.1 cm³/mol. The molecule has 0 fully saturated rings. The van der Waals surface area contributed by atoms with Crippen molar-refractivity contribution < 1.29 is 22.3 Å². The predicted octanol–water partition coefficient (Wildman–Crippen LogP) is 4.39. The molecule has 0 saturated heterocycles. The molecule has 0 atom stereocenters. The van der Waals surface area contributed by atoms with Crippen LogP contribution in [0.15, 0.2) is 18.2 Å². The fraction of sp³-hybridized carbons (Fsp3) is 0.400. The van der Waals surface area contributed by atoms with Gasteiger partial charge in [0.15, 0.2) is 11.6 Å². The summed E-state index contributed by atoms with van der Waals surface area (Å²) in [5, 5.41) is 0. The first-order valence-electron chi connectivity index (χ1n) is 4.34. The van der Waals surface area contributed by atoms with E-state index in [9.17, 15) is 17.6 Å². The summed E-state index contributed by atoms with van der Waals surface area (Å²) in [5.41, 5.74) is 0.597. The Balaban J connectivity index is 3.01. The van der Waals surface area contributed by atoms with E-state index in [1.807, 2.05) is 13.8 Å². The SMILES string of the molecule is CC(C)(I)c1ccc(OC(F)(F)F)c(F)c1. The van der Waals surface area contributed by atoms with Crippen LogP contribution in [0.3, 0.4) is 0 Å². The average molecular weight is 348 g/mol. The zero-order valence-electron chi connectivity index (χ0n) is 8.53. The van der Waals surface area contributed by atoms with Crippen LogP contribution in [0.2, 0.25) is 0 Å². The first-order valence-corrected chi connectivity index (χ1v) is 5.42. The summed E-state index contributed by atoms with van der Waals surface area (Å²) < 4.78 is 52.0. The van der Waals surface area contributed by atoms with Gasteiger partial charge in [0.25, 0.3) is 0 Å². The van der Waals surface area contributed by atoms with Crippen LogP contribution in [0.4, 0.5) is 17.6 Å². The summed E-state index contributed by atoms with van der Waals surface area (Å²) in [4.78, 5) is 0. The van der Waals surface area contributed by atoms with Gasteiger partial charge in [0.2, 0.25) is 0 Å². The molecule has 90 valence electrons. The minimum absolute atomic E-state index is 0.352. The van der Waals surface area contributed by atoms with Crippen LogP contribution in [0.1, 0.15) is 19.4 Å². The molecule has 0 aromatic heterocycles. The molecule has 0 N–H and O–H groups in total. The Morgan fingerprint density at radius 2 is 1.75 bits per heavy atom. The molecule has 0 aliphatic rings. The Bertz CT molecular complexity index is 381. The van der Waals surface area contributed by atoms with E-state index >= 15 is 0 Å². The molecule has 1 aromatic rings. The second-order valence-corrected chi connectivity index (χ2v) is 6.36. The van der Waals surface area contributed by atoms with Crippen molar-refractivity contribution in [3.05, 3.63) is 29.6 Å². The molecule has 0 aliphatic carbocycles. The molecule has 1 aromatic carbocycles. The van der Waals surface area contributed by atoms with Gasteiger partial charge in [0, 0.05) is 3.42 Å². The topological polar surface area (TPSA) is 9.23 Å². The minimum Gasteiger partial charge on any atom is -0.403 e. The standard InChI is InChI=1S/C10H9F4IO/c1-9(2,15)6-3-4-8(7(11)5-6)16-10(12,13)14/h3-5H,1-2H3.